The van der Waals surface area contributed by atoms with Gasteiger partial charge in [0.25, 0.3) is 5.69 Å². The van der Waals surface area contributed by atoms with E-state index in [4.69, 9.17) is 9.47 Å². The van der Waals surface area contributed by atoms with Gasteiger partial charge in [-0.1, -0.05) is 12.1 Å². The van der Waals surface area contributed by atoms with Gasteiger partial charge >= 0.3 is 0 Å². The molecule has 0 saturated carbocycles. The molecule has 8 heteroatoms. The second-order valence-electron chi connectivity index (χ2n) is 7.13. The van der Waals surface area contributed by atoms with Crippen molar-refractivity contribution in [2.24, 2.45) is 0 Å². The molecule has 1 saturated heterocycles. The number of benzene rings is 2. The molecule has 0 aliphatic carbocycles. The molecule has 0 bridgehead atoms. The van der Waals surface area contributed by atoms with Gasteiger partial charge in [-0.05, 0) is 29.8 Å². The van der Waals surface area contributed by atoms with Crippen LogP contribution >= 0.6 is 0 Å². The normalized spacial score (nSPS) is 16.3. The SMILES string of the molecule is O=C(/C=C/c1cccc([N+](=O)[O-])c1)N1CC[NH+](Cc2ccc3c(c2)OCO3)CC1. The first-order chi connectivity index (χ1) is 14.1. The highest BCUT2D eigenvalue weighted by atomic mass is 16.7. The van der Waals surface area contributed by atoms with Crippen molar-refractivity contribution in [3.05, 3.63) is 69.8 Å². The van der Waals surface area contributed by atoms with E-state index in [1.54, 1.807) is 18.2 Å². The lowest BCUT2D eigenvalue weighted by Crippen LogP contribution is -3.13. The van der Waals surface area contributed by atoms with Gasteiger partial charge in [-0.3, -0.25) is 14.9 Å². The number of nitro groups is 1. The Kier molecular flexibility index (Phi) is 5.44. The van der Waals surface area contributed by atoms with E-state index in [1.807, 2.05) is 17.0 Å². The molecule has 0 atom stereocenters. The van der Waals surface area contributed by atoms with Gasteiger partial charge in [0.05, 0.1) is 31.1 Å². The number of amides is 1. The molecule has 8 nitrogen and oxygen atoms in total. The van der Waals surface area contributed by atoms with Crippen LogP contribution < -0.4 is 14.4 Å². The van der Waals surface area contributed by atoms with Gasteiger partial charge in [-0.2, -0.15) is 0 Å². The van der Waals surface area contributed by atoms with Crippen LogP contribution in [0.4, 0.5) is 5.69 Å². The number of rotatable bonds is 5. The van der Waals surface area contributed by atoms with Crippen molar-refractivity contribution in [1.29, 1.82) is 0 Å². The number of hydrogen-bond acceptors (Lipinski definition) is 5. The predicted molar refractivity (Wildman–Crippen MR) is 106 cm³/mol. The standard InChI is InChI=1S/C21H21N3O5/c25-21(7-5-16-2-1-3-18(12-16)24(26)27)23-10-8-22(9-11-23)14-17-4-6-19-20(13-17)29-15-28-19/h1-7,12-13H,8-11,14-15H2/p+1/b7-5+. The molecule has 2 heterocycles. The first-order valence-electron chi connectivity index (χ1n) is 9.52. The maximum absolute atomic E-state index is 12.4. The lowest BCUT2D eigenvalue weighted by atomic mass is 10.1. The third-order valence-electron chi connectivity index (χ3n) is 5.17. The Morgan fingerprint density at radius 3 is 2.72 bits per heavy atom. The van der Waals surface area contributed by atoms with Crippen LogP contribution in [0.5, 0.6) is 11.5 Å². The molecule has 0 radical (unpaired) electrons. The molecule has 1 N–H and O–H groups in total. The number of carbonyl (C=O) groups is 1. The fraction of sp³-hybridized carbons (Fsp3) is 0.286. The quantitative estimate of drug-likeness (QED) is 0.467. The largest absolute Gasteiger partial charge is 0.454 e. The highest BCUT2D eigenvalue weighted by Crippen LogP contribution is 2.32. The van der Waals surface area contributed by atoms with Crippen LogP contribution in [0.1, 0.15) is 11.1 Å². The van der Waals surface area contributed by atoms with Crippen molar-refractivity contribution in [1.82, 2.24) is 4.90 Å². The Labute approximate surface area is 168 Å². The highest BCUT2D eigenvalue weighted by molar-refractivity contribution is 5.91. The van der Waals surface area contributed by atoms with Gasteiger partial charge in [-0.25, -0.2) is 0 Å². The summed E-state index contributed by atoms with van der Waals surface area (Å²) in [5.41, 5.74) is 1.84. The molecule has 0 aromatic heterocycles. The average molecular weight is 396 g/mol. The van der Waals surface area contributed by atoms with Crippen molar-refractivity contribution >= 4 is 17.7 Å². The van der Waals surface area contributed by atoms with Crippen LogP contribution in [-0.2, 0) is 11.3 Å². The molecule has 1 fully saturated rings. The summed E-state index contributed by atoms with van der Waals surface area (Å²) in [6.07, 6.45) is 3.11. The number of ether oxygens (including phenoxy) is 2. The Hall–Kier alpha value is -3.39. The number of nitrogens with one attached hydrogen (secondary N) is 1. The van der Waals surface area contributed by atoms with Gasteiger partial charge in [0, 0.05) is 23.8 Å². The number of non-ortho nitro benzene ring substituents is 1. The van der Waals surface area contributed by atoms with Gasteiger partial charge in [0.1, 0.15) is 6.54 Å². The van der Waals surface area contributed by atoms with Crippen LogP contribution in [0.15, 0.2) is 48.5 Å². The maximum atomic E-state index is 12.4. The summed E-state index contributed by atoms with van der Waals surface area (Å²) >= 11 is 0. The summed E-state index contributed by atoms with van der Waals surface area (Å²) < 4.78 is 10.8. The van der Waals surface area contributed by atoms with Gasteiger partial charge in [-0.15, -0.1) is 0 Å². The van der Waals surface area contributed by atoms with E-state index in [-0.39, 0.29) is 18.4 Å². The van der Waals surface area contributed by atoms with E-state index >= 15 is 0 Å². The smallest absolute Gasteiger partial charge is 0.270 e. The zero-order valence-electron chi connectivity index (χ0n) is 15.9. The van der Waals surface area contributed by atoms with Crippen LogP contribution in [-0.4, -0.2) is 48.7 Å². The van der Waals surface area contributed by atoms with E-state index in [0.29, 0.717) is 18.7 Å². The molecule has 150 valence electrons. The summed E-state index contributed by atoms with van der Waals surface area (Å²) in [6.45, 7) is 4.24. The summed E-state index contributed by atoms with van der Waals surface area (Å²) in [6, 6.07) is 12.3. The van der Waals surface area contributed by atoms with E-state index < -0.39 is 4.92 Å². The van der Waals surface area contributed by atoms with E-state index in [1.165, 1.54) is 28.7 Å². The molecule has 2 aromatic rings. The molecule has 2 aliphatic heterocycles. The lowest BCUT2D eigenvalue weighted by molar-refractivity contribution is -0.917. The maximum Gasteiger partial charge on any atom is 0.270 e. The fourth-order valence-corrected chi connectivity index (χ4v) is 3.57. The number of fused-ring (bicyclic) bond motifs is 1. The number of nitro benzene ring substituents is 1. The molecule has 4 rings (SSSR count). The van der Waals surface area contributed by atoms with Crippen LogP contribution in [0.25, 0.3) is 6.08 Å². The molecule has 2 aromatic carbocycles. The molecule has 0 unspecified atom stereocenters. The average Bonchev–Trinajstić information content (AvgIpc) is 3.20. The van der Waals surface area contributed by atoms with Crippen molar-refractivity contribution in [2.75, 3.05) is 33.0 Å². The Bertz CT molecular complexity index is 951. The first-order valence-corrected chi connectivity index (χ1v) is 9.52. The molecule has 0 spiro atoms. The molecular weight excluding hydrogens is 374 g/mol. The van der Waals surface area contributed by atoms with Crippen molar-refractivity contribution in [3.8, 4) is 11.5 Å². The lowest BCUT2D eigenvalue weighted by Gasteiger charge is -2.31. The minimum atomic E-state index is -0.443. The summed E-state index contributed by atoms with van der Waals surface area (Å²) in [5.74, 6) is 1.51. The van der Waals surface area contributed by atoms with Gasteiger partial charge < -0.3 is 19.3 Å². The zero-order valence-corrected chi connectivity index (χ0v) is 15.9. The third-order valence-corrected chi connectivity index (χ3v) is 5.17. The molecular formula is C21H22N3O5+. The van der Waals surface area contributed by atoms with Crippen molar-refractivity contribution in [3.63, 3.8) is 0 Å². The Morgan fingerprint density at radius 1 is 1.14 bits per heavy atom. The van der Waals surface area contributed by atoms with E-state index in [9.17, 15) is 14.9 Å². The molecule has 2 aliphatic rings. The number of piperazine rings is 1. The number of hydrogen-bond donors (Lipinski definition) is 1. The molecule has 29 heavy (non-hydrogen) atoms. The monoisotopic (exact) mass is 396 g/mol. The third kappa shape index (κ3) is 4.55. The number of carbonyl (C=O) groups excluding carboxylic acids is 1. The van der Waals surface area contributed by atoms with Crippen LogP contribution in [0, 0.1) is 10.1 Å². The second kappa shape index (κ2) is 8.32. The summed E-state index contributed by atoms with van der Waals surface area (Å²) in [7, 11) is 0. The topological polar surface area (TPSA) is 86.4 Å². The van der Waals surface area contributed by atoms with Gasteiger partial charge in [0.15, 0.2) is 11.5 Å². The zero-order chi connectivity index (χ0) is 20.2. The van der Waals surface area contributed by atoms with E-state index in [0.717, 1.165) is 31.1 Å². The summed E-state index contributed by atoms with van der Waals surface area (Å²) in [4.78, 5) is 26.1. The Balaban J connectivity index is 1.29. The van der Waals surface area contributed by atoms with Crippen LogP contribution in [0.2, 0.25) is 0 Å². The van der Waals surface area contributed by atoms with Crippen molar-refractivity contribution in [2.45, 2.75) is 6.54 Å². The number of nitrogens with zero attached hydrogens (tertiary/aromatic N) is 2. The fourth-order valence-electron chi connectivity index (χ4n) is 3.57. The van der Waals surface area contributed by atoms with E-state index in [2.05, 4.69) is 6.07 Å². The Morgan fingerprint density at radius 2 is 1.93 bits per heavy atom. The minimum Gasteiger partial charge on any atom is -0.454 e. The summed E-state index contributed by atoms with van der Waals surface area (Å²) in [5, 5.41) is 10.8. The van der Waals surface area contributed by atoms with Gasteiger partial charge in [0.2, 0.25) is 12.7 Å². The highest BCUT2D eigenvalue weighted by Gasteiger charge is 2.23. The molecule has 1 amide bonds. The number of quaternary nitrogens is 1. The van der Waals surface area contributed by atoms with Crippen molar-refractivity contribution < 1.29 is 24.1 Å². The first kappa shape index (κ1) is 18.9. The second-order valence-corrected chi connectivity index (χ2v) is 7.13. The predicted octanol–water partition coefficient (Wildman–Crippen LogP) is 1.26. The van der Waals surface area contributed by atoms with Crippen LogP contribution in [0.3, 0.4) is 0 Å². The minimum absolute atomic E-state index is 0.0142.